The van der Waals surface area contributed by atoms with Crippen LogP contribution in [0.4, 0.5) is 5.82 Å². The Morgan fingerprint density at radius 3 is 3.17 bits per heavy atom. The van der Waals surface area contributed by atoms with Gasteiger partial charge < -0.3 is 20.9 Å². The highest BCUT2D eigenvalue weighted by atomic mass is 32.2. The fraction of sp³-hybridized carbons (Fsp3) is 0.438. The minimum atomic E-state index is -0.00121. The van der Waals surface area contributed by atoms with Crippen LogP contribution in [-0.2, 0) is 4.79 Å². The van der Waals surface area contributed by atoms with Gasteiger partial charge in [-0.25, -0.2) is 9.97 Å². The van der Waals surface area contributed by atoms with Gasteiger partial charge in [-0.3, -0.25) is 4.79 Å². The van der Waals surface area contributed by atoms with E-state index in [0.717, 1.165) is 59.9 Å². The maximum absolute atomic E-state index is 12.3. The molecule has 0 atom stereocenters. The molecule has 0 aliphatic carbocycles. The lowest BCUT2D eigenvalue weighted by molar-refractivity contribution is -0.368. The van der Waals surface area contributed by atoms with Gasteiger partial charge in [0.1, 0.15) is 17.8 Å². The molecule has 128 valence electrons. The highest BCUT2D eigenvalue weighted by Gasteiger charge is 2.20. The number of nitrogens with zero attached hydrogens (tertiary/aromatic N) is 3. The van der Waals surface area contributed by atoms with Gasteiger partial charge in [0.25, 0.3) is 5.91 Å². The first kappa shape index (κ1) is 16.8. The van der Waals surface area contributed by atoms with Crippen molar-refractivity contribution in [3.63, 3.8) is 0 Å². The fourth-order valence-electron chi connectivity index (χ4n) is 2.64. The molecular weight excluding hydrogens is 324 g/mol. The molecule has 7 nitrogen and oxygen atoms in total. The molecule has 0 radical (unpaired) electrons. The number of thioether (sulfide) groups is 1. The van der Waals surface area contributed by atoms with Crippen molar-refractivity contribution in [2.45, 2.75) is 19.3 Å². The quantitative estimate of drug-likeness (QED) is 0.646. The summed E-state index contributed by atoms with van der Waals surface area (Å²) in [6.45, 7) is 2.49. The molecule has 1 amide bonds. The second-order valence-electron chi connectivity index (χ2n) is 5.64. The number of hydrogen-bond acceptors (Lipinski definition) is 5. The van der Waals surface area contributed by atoms with Gasteiger partial charge in [0, 0.05) is 31.2 Å². The number of quaternary nitrogens is 1. The van der Waals surface area contributed by atoms with E-state index >= 15 is 0 Å². The normalized spacial score (nSPS) is 14.7. The minimum Gasteiger partial charge on any atom is -0.358 e. The van der Waals surface area contributed by atoms with Crippen LogP contribution in [0.1, 0.15) is 19.3 Å². The summed E-state index contributed by atoms with van der Waals surface area (Å²) in [7, 11) is 0. The third kappa shape index (κ3) is 3.88. The maximum atomic E-state index is 12.3. The van der Waals surface area contributed by atoms with E-state index in [9.17, 15) is 4.79 Å². The SMILES string of the molecule is [NH3+]CCCCCNC(=O)C1=CN(c2ncnc3[nH]ccc23)CCS1. The highest BCUT2D eigenvalue weighted by molar-refractivity contribution is 8.04. The van der Waals surface area contributed by atoms with Crippen molar-refractivity contribution in [2.24, 2.45) is 0 Å². The Labute approximate surface area is 145 Å². The average molecular weight is 347 g/mol. The molecule has 1 aliphatic rings. The summed E-state index contributed by atoms with van der Waals surface area (Å²) >= 11 is 1.59. The summed E-state index contributed by atoms with van der Waals surface area (Å²) in [5.74, 6) is 1.69. The number of anilines is 1. The van der Waals surface area contributed by atoms with Crippen LogP contribution >= 0.6 is 11.8 Å². The van der Waals surface area contributed by atoms with Gasteiger partial charge in [0.05, 0.1) is 16.8 Å². The predicted octanol–water partition coefficient (Wildman–Crippen LogP) is 0.881. The van der Waals surface area contributed by atoms with E-state index in [2.05, 4.69) is 26.0 Å². The van der Waals surface area contributed by atoms with Gasteiger partial charge in [-0.2, -0.15) is 0 Å². The van der Waals surface area contributed by atoms with Crippen LogP contribution in [-0.4, -0.2) is 46.2 Å². The van der Waals surface area contributed by atoms with Crippen LogP contribution in [0.5, 0.6) is 0 Å². The topological polar surface area (TPSA) is 102 Å². The number of nitrogens with one attached hydrogen (secondary N) is 2. The number of carbonyl (C=O) groups excluding carboxylic acids is 1. The number of carbonyl (C=O) groups is 1. The maximum Gasteiger partial charge on any atom is 0.259 e. The molecule has 1 aliphatic heterocycles. The van der Waals surface area contributed by atoms with Crippen molar-refractivity contribution in [1.82, 2.24) is 20.3 Å². The molecule has 0 saturated carbocycles. The third-order valence-electron chi connectivity index (χ3n) is 3.90. The second kappa shape index (κ2) is 8.16. The summed E-state index contributed by atoms with van der Waals surface area (Å²) in [5.41, 5.74) is 4.64. The zero-order valence-electron chi connectivity index (χ0n) is 13.6. The van der Waals surface area contributed by atoms with E-state index in [-0.39, 0.29) is 5.91 Å². The van der Waals surface area contributed by atoms with Crippen molar-refractivity contribution in [2.75, 3.05) is 30.3 Å². The number of hydrogen-bond donors (Lipinski definition) is 3. The second-order valence-corrected chi connectivity index (χ2v) is 6.78. The Morgan fingerprint density at radius 2 is 2.29 bits per heavy atom. The van der Waals surface area contributed by atoms with E-state index in [1.807, 2.05) is 23.4 Å². The Morgan fingerprint density at radius 1 is 1.38 bits per heavy atom. The van der Waals surface area contributed by atoms with Gasteiger partial charge >= 0.3 is 0 Å². The molecule has 0 aromatic carbocycles. The Bertz CT molecular complexity index is 728. The van der Waals surface area contributed by atoms with Crippen LogP contribution in [0.25, 0.3) is 11.0 Å². The van der Waals surface area contributed by atoms with Gasteiger partial charge in [-0.05, 0) is 25.3 Å². The Hall–Kier alpha value is -2.06. The van der Waals surface area contributed by atoms with Gasteiger partial charge in [-0.1, -0.05) is 0 Å². The predicted molar refractivity (Wildman–Crippen MR) is 96.4 cm³/mol. The number of H-pyrrole nitrogens is 1. The van der Waals surface area contributed by atoms with Crippen LogP contribution < -0.4 is 16.0 Å². The molecule has 2 aromatic rings. The number of aromatic amines is 1. The summed E-state index contributed by atoms with van der Waals surface area (Å²) in [6, 6.07) is 1.96. The molecule has 0 fully saturated rings. The van der Waals surface area contributed by atoms with Crippen LogP contribution in [0.15, 0.2) is 29.7 Å². The molecule has 5 N–H and O–H groups in total. The first-order chi connectivity index (χ1) is 11.8. The molecule has 0 unspecified atom stereocenters. The van der Waals surface area contributed by atoms with Crippen molar-refractivity contribution >= 4 is 34.5 Å². The standard InChI is InChI=1S/C16H22N6OS/c17-5-2-1-3-6-19-16(23)13-10-22(8-9-24-13)15-12-4-7-18-14(12)20-11-21-15/h4,7,10-11H,1-3,5-6,8-9,17H2,(H,19,23)(H,18,20,21)/p+1. The average Bonchev–Trinajstić information content (AvgIpc) is 3.10. The van der Waals surface area contributed by atoms with Crippen molar-refractivity contribution < 1.29 is 10.5 Å². The molecule has 0 bridgehead atoms. The van der Waals surface area contributed by atoms with Crippen LogP contribution in [0.2, 0.25) is 0 Å². The van der Waals surface area contributed by atoms with E-state index < -0.39 is 0 Å². The zero-order valence-corrected chi connectivity index (χ0v) is 14.4. The molecule has 3 heterocycles. The van der Waals surface area contributed by atoms with Crippen LogP contribution in [0.3, 0.4) is 0 Å². The summed E-state index contributed by atoms with van der Waals surface area (Å²) in [5, 5.41) is 3.97. The summed E-state index contributed by atoms with van der Waals surface area (Å²) < 4.78 is 0. The molecule has 24 heavy (non-hydrogen) atoms. The molecule has 3 rings (SSSR count). The fourth-order valence-corrected chi connectivity index (χ4v) is 3.56. The number of aromatic nitrogens is 3. The Balaban J connectivity index is 1.67. The molecular formula is C16H23N6OS+. The largest absolute Gasteiger partial charge is 0.358 e. The molecule has 2 aromatic heterocycles. The van der Waals surface area contributed by atoms with Gasteiger partial charge in [-0.15, -0.1) is 11.8 Å². The van der Waals surface area contributed by atoms with Crippen molar-refractivity contribution in [3.05, 3.63) is 29.7 Å². The van der Waals surface area contributed by atoms with E-state index in [1.165, 1.54) is 0 Å². The van der Waals surface area contributed by atoms with Crippen molar-refractivity contribution in [3.8, 4) is 0 Å². The van der Waals surface area contributed by atoms with E-state index in [1.54, 1.807) is 18.1 Å². The van der Waals surface area contributed by atoms with E-state index in [4.69, 9.17) is 0 Å². The number of rotatable bonds is 7. The Kier molecular flexibility index (Phi) is 5.71. The number of unbranched alkanes of at least 4 members (excludes halogenated alkanes) is 2. The van der Waals surface area contributed by atoms with Crippen LogP contribution in [0, 0.1) is 0 Å². The molecule has 0 spiro atoms. The van der Waals surface area contributed by atoms with Gasteiger partial charge in [0.2, 0.25) is 0 Å². The smallest absolute Gasteiger partial charge is 0.259 e. The molecule has 8 heteroatoms. The first-order valence-electron chi connectivity index (χ1n) is 8.26. The third-order valence-corrected chi connectivity index (χ3v) is 4.89. The number of amides is 1. The minimum absolute atomic E-state index is 0.00121. The lowest BCUT2D eigenvalue weighted by Crippen LogP contribution is -2.50. The molecule has 0 saturated heterocycles. The highest BCUT2D eigenvalue weighted by Crippen LogP contribution is 2.28. The monoisotopic (exact) mass is 347 g/mol. The zero-order chi connectivity index (χ0) is 16.8. The van der Waals surface area contributed by atoms with Crippen molar-refractivity contribution in [1.29, 1.82) is 0 Å². The number of fused-ring (bicyclic) bond motifs is 1. The first-order valence-corrected chi connectivity index (χ1v) is 9.25. The summed E-state index contributed by atoms with van der Waals surface area (Å²) in [6.07, 6.45) is 8.51. The lowest BCUT2D eigenvalue weighted by atomic mass is 10.2. The lowest BCUT2D eigenvalue weighted by Gasteiger charge is -2.25. The van der Waals surface area contributed by atoms with Gasteiger partial charge in [0.15, 0.2) is 0 Å². The van der Waals surface area contributed by atoms with E-state index in [0.29, 0.717) is 6.54 Å². The summed E-state index contributed by atoms with van der Waals surface area (Å²) in [4.78, 5) is 26.8.